The zero-order valence-electron chi connectivity index (χ0n) is 16.3. The minimum atomic E-state index is 0.519. The molecule has 7 heteroatoms. The van der Waals surface area contributed by atoms with Gasteiger partial charge >= 0.3 is 0 Å². The number of aromatic nitrogens is 2. The predicted octanol–water partition coefficient (Wildman–Crippen LogP) is 3.79. The molecule has 1 heterocycles. The summed E-state index contributed by atoms with van der Waals surface area (Å²) in [6.45, 7) is 1.14. The highest BCUT2D eigenvalue weighted by atomic mass is 16.5. The van der Waals surface area contributed by atoms with E-state index in [0.29, 0.717) is 19.1 Å². The van der Waals surface area contributed by atoms with E-state index >= 15 is 0 Å². The molecule has 0 fully saturated rings. The Bertz CT molecular complexity index is 867. The predicted molar refractivity (Wildman–Crippen MR) is 113 cm³/mol. The fraction of sp³-hybridized carbons (Fsp3) is 0.238. The highest BCUT2D eigenvalue weighted by molar-refractivity contribution is 5.59. The fourth-order valence-electron chi connectivity index (χ4n) is 2.51. The SMILES string of the molecule is COc1ccc(OCCNc2ccnc(Nc3ccc(N(C)C)cc3)n2)cc1. The van der Waals surface area contributed by atoms with Crippen molar-refractivity contribution >= 4 is 23.1 Å². The van der Waals surface area contributed by atoms with E-state index in [2.05, 4.69) is 25.5 Å². The second kappa shape index (κ2) is 9.45. The monoisotopic (exact) mass is 379 g/mol. The van der Waals surface area contributed by atoms with Crippen molar-refractivity contribution in [2.45, 2.75) is 0 Å². The van der Waals surface area contributed by atoms with E-state index in [0.717, 1.165) is 28.7 Å². The molecule has 0 aliphatic carbocycles. The van der Waals surface area contributed by atoms with E-state index in [-0.39, 0.29) is 0 Å². The molecule has 0 aliphatic rings. The second-order valence-corrected chi connectivity index (χ2v) is 6.28. The molecule has 0 bridgehead atoms. The number of methoxy groups -OCH3 is 1. The van der Waals surface area contributed by atoms with Crippen LogP contribution in [0, 0.1) is 0 Å². The Morgan fingerprint density at radius 1 is 0.929 bits per heavy atom. The third-order valence-corrected chi connectivity index (χ3v) is 4.03. The van der Waals surface area contributed by atoms with Crippen molar-refractivity contribution in [2.24, 2.45) is 0 Å². The van der Waals surface area contributed by atoms with Gasteiger partial charge in [0.15, 0.2) is 0 Å². The van der Waals surface area contributed by atoms with Crippen LogP contribution in [0.3, 0.4) is 0 Å². The summed E-state index contributed by atoms with van der Waals surface area (Å²) in [5, 5.41) is 6.45. The highest BCUT2D eigenvalue weighted by Crippen LogP contribution is 2.19. The summed E-state index contributed by atoms with van der Waals surface area (Å²) < 4.78 is 10.8. The van der Waals surface area contributed by atoms with Crippen LogP contribution in [-0.2, 0) is 0 Å². The Hall–Kier alpha value is -3.48. The lowest BCUT2D eigenvalue weighted by Gasteiger charge is -2.13. The first kappa shape index (κ1) is 19.3. The molecule has 0 atom stereocenters. The van der Waals surface area contributed by atoms with Crippen LogP contribution < -0.4 is 25.0 Å². The van der Waals surface area contributed by atoms with Gasteiger partial charge in [0.2, 0.25) is 5.95 Å². The van der Waals surface area contributed by atoms with E-state index in [4.69, 9.17) is 9.47 Å². The molecule has 0 spiro atoms. The van der Waals surface area contributed by atoms with Crippen molar-refractivity contribution in [3.05, 3.63) is 60.8 Å². The Kier molecular flexibility index (Phi) is 6.51. The van der Waals surface area contributed by atoms with Crippen molar-refractivity contribution in [3.8, 4) is 11.5 Å². The molecule has 7 nitrogen and oxygen atoms in total. The Balaban J connectivity index is 1.48. The molecule has 0 saturated carbocycles. The van der Waals surface area contributed by atoms with Gasteiger partial charge in [0.05, 0.1) is 13.7 Å². The van der Waals surface area contributed by atoms with Crippen LogP contribution in [0.15, 0.2) is 60.8 Å². The van der Waals surface area contributed by atoms with Gasteiger partial charge < -0.3 is 25.0 Å². The number of anilines is 4. The number of nitrogens with one attached hydrogen (secondary N) is 2. The lowest BCUT2D eigenvalue weighted by molar-refractivity contribution is 0.331. The zero-order chi connectivity index (χ0) is 19.8. The average Bonchev–Trinajstić information content (AvgIpc) is 2.72. The lowest BCUT2D eigenvalue weighted by Crippen LogP contribution is -2.13. The minimum absolute atomic E-state index is 0.519. The first-order valence-corrected chi connectivity index (χ1v) is 9.02. The number of benzene rings is 2. The van der Waals surface area contributed by atoms with Crippen molar-refractivity contribution in [1.29, 1.82) is 0 Å². The van der Waals surface area contributed by atoms with Crippen molar-refractivity contribution in [2.75, 3.05) is 49.9 Å². The molecule has 0 saturated heterocycles. The maximum absolute atomic E-state index is 5.70. The van der Waals surface area contributed by atoms with E-state index in [1.54, 1.807) is 13.3 Å². The van der Waals surface area contributed by atoms with Crippen LogP contribution in [0.1, 0.15) is 0 Å². The largest absolute Gasteiger partial charge is 0.497 e. The molecule has 146 valence electrons. The van der Waals surface area contributed by atoms with Gasteiger partial charge in [-0.25, -0.2) is 4.98 Å². The van der Waals surface area contributed by atoms with Crippen molar-refractivity contribution < 1.29 is 9.47 Å². The van der Waals surface area contributed by atoms with Crippen LogP contribution in [-0.4, -0.2) is 44.3 Å². The fourth-order valence-corrected chi connectivity index (χ4v) is 2.51. The number of ether oxygens (including phenoxy) is 2. The number of rotatable bonds is 9. The summed E-state index contributed by atoms with van der Waals surface area (Å²) in [6.07, 6.45) is 1.72. The van der Waals surface area contributed by atoms with E-state index < -0.39 is 0 Å². The summed E-state index contributed by atoms with van der Waals surface area (Å²) in [5.74, 6) is 2.89. The molecule has 0 unspecified atom stereocenters. The quantitative estimate of drug-likeness (QED) is 0.548. The Morgan fingerprint density at radius 3 is 2.32 bits per heavy atom. The summed E-state index contributed by atoms with van der Waals surface area (Å²) in [5.41, 5.74) is 2.07. The molecular formula is C21H25N5O2. The highest BCUT2D eigenvalue weighted by Gasteiger charge is 2.02. The Labute approximate surface area is 165 Å². The smallest absolute Gasteiger partial charge is 0.229 e. The van der Waals surface area contributed by atoms with Crippen LogP contribution in [0.4, 0.5) is 23.1 Å². The van der Waals surface area contributed by atoms with Gasteiger partial charge in [-0.3, -0.25) is 0 Å². The van der Waals surface area contributed by atoms with Gasteiger partial charge in [-0.05, 0) is 54.6 Å². The van der Waals surface area contributed by atoms with Gasteiger partial charge in [0.1, 0.15) is 23.9 Å². The van der Waals surface area contributed by atoms with Crippen LogP contribution in [0.25, 0.3) is 0 Å². The first-order chi connectivity index (χ1) is 13.6. The summed E-state index contributed by atoms with van der Waals surface area (Å²) in [6, 6.07) is 17.4. The third kappa shape index (κ3) is 5.51. The normalized spacial score (nSPS) is 10.2. The van der Waals surface area contributed by atoms with E-state index in [1.165, 1.54) is 0 Å². The third-order valence-electron chi connectivity index (χ3n) is 4.03. The summed E-state index contributed by atoms with van der Waals surface area (Å²) in [7, 11) is 5.67. The molecule has 0 aliphatic heterocycles. The molecule has 2 aromatic carbocycles. The minimum Gasteiger partial charge on any atom is -0.497 e. The van der Waals surface area contributed by atoms with E-state index in [9.17, 15) is 0 Å². The maximum atomic E-state index is 5.70. The molecule has 3 rings (SSSR count). The van der Waals surface area contributed by atoms with E-state index in [1.807, 2.05) is 68.7 Å². The van der Waals surface area contributed by atoms with Crippen LogP contribution in [0.2, 0.25) is 0 Å². The Morgan fingerprint density at radius 2 is 1.64 bits per heavy atom. The van der Waals surface area contributed by atoms with Gasteiger partial charge in [-0.15, -0.1) is 0 Å². The topological polar surface area (TPSA) is 71.5 Å². The standard InChI is InChI=1S/C21H25N5O2/c1-26(2)17-6-4-16(5-7-17)24-21-23-13-12-20(25-21)22-14-15-28-19-10-8-18(27-3)9-11-19/h4-13H,14-15H2,1-3H3,(H2,22,23,24,25). The van der Waals surface area contributed by atoms with Gasteiger partial charge in [0, 0.05) is 31.7 Å². The molecule has 0 amide bonds. The van der Waals surface area contributed by atoms with Crippen LogP contribution >= 0.6 is 0 Å². The summed E-state index contributed by atoms with van der Waals surface area (Å²) >= 11 is 0. The molecule has 3 aromatic rings. The number of hydrogen-bond donors (Lipinski definition) is 2. The second-order valence-electron chi connectivity index (χ2n) is 6.28. The maximum Gasteiger partial charge on any atom is 0.229 e. The molecule has 28 heavy (non-hydrogen) atoms. The number of hydrogen-bond acceptors (Lipinski definition) is 7. The molecular weight excluding hydrogens is 354 g/mol. The van der Waals surface area contributed by atoms with Crippen molar-refractivity contribution in [3.63, 3.8) is 0 Å². The summed E-state index contributed by atoms with van der Waals surface area (Å²) in [4.78, 5) is 10.8. The lowest BCUT2D eigenvalue weighted by atomic mass is 10.2. The molecule has 1 aromatic heterocycles. The molecule has 2 N–H and O–H groups in total. The van der Waals surface area contributed by atoms with Gasteiger partial charge in [-0.1, -0.05) is 0 Å². The van der Waals surface area contributed by atoms with Gasteiger partial charge in [-0.2, -0.15) is 4.98 Å². The number of nitrogens with zero attached hydrogens (tertiary/aromatic N) is 3. The van der Waals surface area contributed by atoms with Crippen molar-refractivity contribution in [1.82, 2.24) is 9.97 Å². The zero-order valence-corrected chi connectivity index (χ0v) is 16.3. The first-order valence-electron chi connectivity index (χ1n) is 9.02. The van der Waals surface area contributed by atoms with Crippen LogP contribution in [0.5, 0.6) is 11.5 Å². The molecule has 0 radical (unpaired) electrons. The van der Waals surface area contributed by atoms with Gasteiger partial charge in [0.25, 0.3) is 0 Å². The average molecular weight is 379 g/mol.